The van der Waals surface area contributed by atoms with Crippen molar-refractivity contribution in [2.45, 2.75) is 25.4 Å². The standard InChI is InChI=1S/C8H15NO2/c1-2-8(10,6-9)7-3-4-11-5-7/h5,10H,2-4,6,9H2,1H3. The van der Waals surface area contributed by atoms with E-state index in [9.17, 15) is 5.11 Å². The fourth-order valence-electron chi connectivity index (χ4n) is 1.23. The fraction of sp³-hybridized carbons (Fsp3) is 0.750. The Kier molecular flexibility index (Phi) is 2.52. The van der Waals surface area contributed by atoms with Crippen LogP contribution in [0.3, 0.4) is 0 Å². The smallest absolute Gasteiger partial charge is 0.101 e. The van der Waals surface area contributed by atoms with Crippen molar-refractivity contribution in [2.24, 2.45) is 5.73 Å². The van der Waals surface area contributed by atoms with Crippen LogP contribution in [0.25, 0.3) is 0 Å². The topological polar surface area (TPSA) is 55.5 Å². The van der Waals surface area contributed by atoms with Crippen LogP contribution in [0, 0.1) is 0 Å². The van der Waals surface area contributed by atoms with E-state index in [1.807, 2.05) is 6.92 Å². The molecule has 1 atom stereocenters. The number of hydrogen-bond donors (Lipinski definition) is 2. The molecule has 3 N–H and O–H groups in total. The zero-order chi connectivity index (χ0) is 8.32. The van der Waals surface area contributed by atoms with Crippen LogP contribution in [-0.4, -0.2) is 23.9 Å². The first kappa shape index (κ1) is 8.56. The summed E-state index contributed by atoms with van der Waals surface area (Å²) in [5.41, 5.74) is 5.56. The molecule has 0 fully saturated rings. The Morgan fingerprint density at radius 2 is 2.55 bits per heavy atom. The van der Waals surface area contributed by atoms with Gasteiger partial charge in [0.1, 0.15) is 5.60 Å². The summed E-state index contributed by atoms with van der Waals surface area (Å²) in [6.45, 7) is 2.88. The summed E-state index contributed by atoms with van der Waals surface area (Å²) < 4.78 is 5.03. The van der Waals surface area contributed by atoms with E-state index >= 15 is 0 Å². The predicted octanol–water partition coefficient (Wildman–Crippen LogP) is 0.390. The largest absolute Gasteiger partial charge is 0.501 e. The summed E-state index contributed by atoms with van der Waals surface area (Å²) in [4.78, 5) is 0. The van der Waals surface area contributed by atoms with E-state index in [1.54, 1.807) is 6.26 Å². The molecule has 1 aliphatic rings. The lowest BCUT2D eigenvalue weighted by molar-refractivity contribution is 0.0810. The maximum absolute atomic E-state index is 9.86. The quantitative estimate of drug-likeness (QED) is 0.623. The zero-order valence-corrected chi connectivity index (χ0v) is 6.84. The van der Waals surface area contributed by atoms with Crippen LogP contribution in [0.4, 0.5) is 0 Å². The molecule has 3 nitrogen and oxygen atoms in total. The minimum absolute atomic E-state index is 0.276. The SMILES string of the molecule is CCC(O)(CN)C1=COCC1. The number of ether oxygens (including phenoxy) is 1. The van der Waals surface area contributed by atoms with Crippen molar-refractivity contribution in [1.29, 1.82) is 0 Å². The third-order valence-corrected chi connectivity index (χ3v) is 2.24. The molecule has 0 aromatic heterocycles. The van der Waals surface area contributed by atoms with E-state index in [-0.39, 0.29) is 6.54 Å². The minimum atomic E-state index is -0.823. The van der Waals surface area contributed by atoms with Crippen molar-refractivity contribution in [2.75, 3.05) is 13.2 Å². The number of rotatable bonds is 3. The van der Waals surface area contributed by atoms with Gasteiger partial charge < -0.3 is 15.6 Å². The molecule has 0 spiro atoms. The normalized spacial score (nSPS) is 22.3. The molecule has 0 amide bonds. The van der Waals surface area contributed by atoms with Crippen LogP contribution >= 0.6 is 0 Å². The Balaban J connectivity index is 2.67. The second-order valence-corrected chi connectivity index (χ2v) is 2.85. The van der Waals surface area contributed by atoms with Gasteiger partial charge in [0.25, 0.3) is 0 Å². The molecule has 0 aromatic rings. The van der Waals surface area contributed by atoms with E-state index in [0.29, 0.717) is 13.0 Å². The van der Waals surface area contributed by atoms with E-state index in [0.717, 1.165) is 12.0 Å². The lowest BCUT2D eigenvalue weighted by Gasteiger charge is -2.25. The second kappa shape index (κ2) is 3.24. The Bertz CT molecular complexity index is 161. The third kappa shape index (κ3) is 1.54. The van der Waals surface area contributed by atoms with Gasteiger partial charge in [0.05, 0.1) is 12.9 Å². The summed E-state index contributed by atoms with van der Waals surface area (Å²) in [6.07, 6.45) is 3.09. The van der Waals surface area contributed by atoms with E-state index in [4.69, 9.17) is 10.5 Å². The highest BCUT2D eigenvalue weighted by molar-refractivity contribution is 5.17. The molecule has 0 bridgehead atoms. The van der Waals surface area contributed by atoms with E-state index < -0.39 is 5.60 Å². The molecule has 64 valence electrons. The van der Waals surface area contributed by atoms with Crippen molar-refractivity contribution < 1.29 is 9.84 Å². The molecule has 1 rings (SSSR count). The molecule has 0 aliphatic carbocycles. The Morgan fingerprint density at radius 3 is 2.91 bits per heavy atom. The van der Waals surface area contributed by atoms with Crippen molar-refractivity contribution >= 4 is 0 Å². The first-order valence-corrected chi connectivity index (χ1v) is 3.96. The second-order valence-electron chi connectivity index (χ2n) is 2.85. The van der Waals surface area contributed by atoms with Gasteiger partial charge in [-0.1, -0.05) is 6.92 Å². The maximum Gasteiger partial charge on any atom is 0.101 e. The highest BCUT2D eigenvalue weighted by Gasteiger charge is 2.29. The molecule has 1 aliphatic heterocycles. The fourth-order valence-corrected chi connectivity index (χ4v) is 1.23. The van der Waals surface area contributed by atoms with Gasteiger partial charge in [-0.15, -0.1) is 0 Å². The van der Waals surface area contributed by atoms with Crippen molar-refractivity contribution in [3.05, 3.63) is 11.8 Å². The third-order valence-electron chi connectivity index (χ3n) is 2.24. The van der Waals surface area contributed by atoms with Gasteiger partial charge in [-0.05, 0) is 6.42 Å². The molecular weight excluding hydrogens is 142 g/mol. The first-order valence-electron chi connectivity index (χ1n) is 3.96. The highest BCUT2D eigenvalue weighted by atomic mass is 16.5. The lowest BCUT2D eigenvalue weighted by Crippen LogP contribution is -2.38. The molecule has 1 unspecified atom stereocenters. The van der Waals surface area contributed by atoms with Gasteiger partial charge in [-0.25, -0.2) is 0 Å². The highest BCUT2D eigenvalue weighted by Crippen LogP contribution is 2.26. The molecule has 3 heteroatoms. The predicted molar refractivity (Wildman–Crippen MR) is 42.9 cm³/mol. The molecule has 1 heterocycles. The van der Waals surface area contributed by atoms with Gasteiger partial charge >= 0.3 is 0 Å². The number of aliphatic hydroxyl groups is 1. The van der Waals surface area contributed by atoms with Crippen molar-refractivity contribution in [3.63, 3.8) is 0 Å². The Morgan fingerprint density at radius 1 is 1.82 bits per heavy atom. The average molecular weight is 157 g/mol. The molecule has 0 saturated heterocycles. The molecule has 0 radical (unpaired) electrons. The van der Waals surface area contributed by atoms with Crippen LogP contribution in [0.15, 0.2) is 11.8 Å². The van der Waals surface area contributed by atoms with Gasteiger partial charge in [-0.3, -0.25) is 0 Å². The van der Waals surface area contributed by atoms with Crippen LogP contribution < -0.4 is 5.73 Å². The number of hydrogen-bond acceptors (Lipinski definition) is 3. The summed E-state index contributed by atoms with van der Waals surface area (Å²) in [7, 11) is 0. The van der Waals surface area contributed by atoms with Crippen LogP contribution in [-0.2, 0) is 4.74 Å². The summed E-state index contributed by atoms with van der Waals surface area (Å²) >= 11 is 0. The van der Waals surface area contributed by atoms with Gasteiger partial charge in [-0.2, -0.15) is 0 Å². The van der Waals surface area contributed by atoms with Gasteiger partial charge in [0.15, 0.2) is 0 Å². The molecule has 0 aromatic carbocycles. The Labute approximate surface area is 66.8 Å². The van der Waals surface area contributed by atoms with E-state index in [1.165, 1.54) is 0 Å². The minimum Gasteiger partial charge on any atom is -0.501 e. The van der Waals surface area contributed by atoms with Crippen LogP contribution in [0.1, 0.15) is 19.8 Å². The van der Waals surface area contributed by atoms with Crippen molar-refractivity contribution in [3.8, 4) is 0 Å². The molecule has 0 saturated carbocycles. The van der Waals surface area contributed by atoms with Crippen LogP contribution in [0.5, 0.6) is 0 Å². The summed E-state index contributed by atoms with van der Waals surface area (Å²) in [6, 6.07) is 0. The average Bonchev–Trinajstić information content (AvgIpc) is 2.55. The molecule has 11 heavy (non-hydrogen) atoms. The summed E-state index contributed by atoms with van der Waals surface area (Å²) in [5, 5.41) is 9.86. The van der Waals surface area contributed by atoms with E-state index in [2.05, 4.69) is 0 Å². The first-order chi connectivity index (χ1) is 5.23. The zero-order valence-electron chi connectivity index (χ0n) is 6.84. The molecular formula is C8H15NO2. The van der Waals surface area contributed by atoms with Gasteiger partial charge in [0, 0.05) is 18.5 Å². The lowest BCUT2D eigenvalue weighted by atomic mass is 9.90. The summed E-state index contributed by atoms with van der Waals surface area (Å²) in [5.74, 6) is 0. The maximum atomic E-state index is 9.86. The Hall–Kier alpha value is -0.540. The van der Waals surface area contributed by atoms with Gasteiger partial charge in [0.2, 0.25) is 0 Å². The monoisotopic (exact) mass is 157 g/mol. The number of nitrogens with two attached hydrogens (primary N) is 1. The van der Waals surface area contributed by atoms with Crippen LogP contribution in [0.2, 0.25) is 0 Å². The van der Waals surface area contributed by atoms with Crippen molar-refractivity contribution in [1.82, 2.24) is 0 Å².